The molecule has 1 atom stereocenters. The second-order valence-corrected chi connectivity index (χ2v) is 8.97. The lowest BCUT2D eigenvalue weighted by Gasteiger charge is -2.17. The predicted octanol–water partition coefficient (Wildman–Crippen LogP) is 4.86. The lowest BCUT2D eigenvalue weighted by molar-refractivity contribution is -0.115. The van der Waals surface area contributed by atoms with Crippen molar-refractivity contribution in [2.24, 2.45) is 0 Å². The number of halogens is 3. The van der Waals surface area contributed by atoms with Gasteiger partial charge >= 0.3 is 0 Å². The van der Waals surface area contributed by atoms with Crippen molar-refractivity contribution in [2.75, 3.05) is 11.9 Å². The summed E-state index contributed by atoms with van der Waals surface area (Å²) in [5.41, 5.74) is 0.676. The highest BCUT2D eigenvalue weighted by molar-refractivity contribution is 8.00. The van der Waals surface area contributed by atoms with Crippen LogP contribution in [0.25, 0.3) is 10.9 Å². The smallest absolute Gasteiger partial charge is 0.262 e. The minimum absolute atomic E-state index is 0.0603. The Morgan fingerprint density at radius 3 is 2.63 bits per heavy atom. The molecule has 10 heteroatoms. The van der Waals surface area contributed by atoms with Crippen LogP contribution in [0.2, 0.25) is 15.1 Å². The van der Waals surface area contributed by atoms with Gasteiger partial charge in [0.15, 0.2) is 5.16 Å². The third-order valence-corrected chi connectivity index (χ3v) is 6.41. The van der Waals surface area contributed by atoms with Crippen LogP contribution in [0.15, 0.2) is 46.3 Å². The van der Waals surface area contributed by atoms with Crippen molar-refractivity contribution >= 4 is 69.1 Å². The summed E-state index contributed by atoms with van der Waals surface area (Å²) in [6.07, 6.45) is 0.396. The second-order valence-electron chi connectivity index (χ2n) is 6.44. The summed E-state index contributed by atoms with van der Waals surface area (Å²) in [6.45, 7) is 1.93. The molecule has 1 amide bonds. The van der Waals surface area contributed by atoms with Crippen molar-refractivity contribution in [1.82, 2.24) is 9.55 Å². The molecule has 1 heterocycles. The van der Waals surface area contributed by atoms with Gasteiger partial charge in [0.2, 0.25) is 5.91 Å². The molecule has 0 aliphatic rings. The number of rotatable bonds is 7. The fraction of sp³-hybridized carbons (Fsp3) is 0.250. The molecule has 0 saturated heterocycles. The molecule has 1 aromatic heterocycles. The Balaban J connectivity index is 1.88. The minimum atomic E-state index is -0.594. The lowest BCUT2D eigenvalue weighted by atomic mass is 10.2. The van der Waals surface area contributed by atoms with Crippen molar-refractivity contribution in [3.05, 3.63) is 61.8 Å². The van der Waals surface area contributed by atoms with E-state index in [1.807, 2.05) is 0 Å². The molecule has 158 valence electrons. The molecule has 0 bridgehead atoms. The number of aromatic nitrogens is 2. The first-order chi connectivity index (χ1) is 14.3. The maximum atomic E-state index is 12.9. The maximum absolute atomic E-state index is 12.9. The topological polar surface area (TPSA) is 84.2 Å². The molecule has 0 saturated carbocycles. The number of carbonyl (C=O) groups is 1. The van der Waals surface area contributed by atoms with Crippen LogP contribution in [0, 0.1) is 0 Å². The monoisotopic (exact) mass is 485 g/mol. The van der Waals surface area contributed by atoms with Gasteiger partial charge in [0.25, 0.3) is 5.56 Å². The van der Waals surface area contributed by atoms with Crippen molar-refractivity contribution < 1.29 is 9.90 Å². The van der Waals surface area contributed by atoms with Crippen molar-refractivity contribution in [2.45, 2.75) is 30.3 Å². The summed E-state index contributed by atoms with van der Waals surface area (Å²) in [6, 6.07) is 9.95. The Bertz CT molecular complexity index is 1150. The largest absolute Gasteiger partial charge is 0.396 e. The summed E-state index contributed by atoms with van der Waals surface area (Å²) in [4.78, 5) is 30.2. The van der Waals surface area contributed by atoms with E-state index >= 15 is 0 Å². The van der Waals surface area contributed by atoms with Crippen LogP contribution in [0.4, 0.5) is 5.69 Å². The molecule has 0 aliphatic heterocycles. The summed E-state index contributed by atoms with van der Waals surface area (Å²) < 4.78 is 1.49. The second kappa shape index (κ2) is 10.0. The van der Waals surface area contributed by atoms with E-state index in [-0.39, 0.29) is 33.1 Å². The van der Waals surface area contributed by atoms with Gasteiger partial charge in [-0.1, -0.05) is 58.7 Å². The van der Waals surface area contributed by atoms with E-state index in [4.69, 9.17) is 34.8 Å². The highest BCUT2D eigenvalue weighted by Crippen LogP contribution is 2.33. The lowest BCUT2D eigenvalue weighted by Crippen LogP contribution is -2.27. The van der Waals surface area contributed by atoms with E-state index in [9.17, 15) is 14.7 Å². The van der Waals surface area contributed by atoms with E-state index in [0.29, 0.717) is 34.7 Å². The van der Waals surface area contributed by atoms with Gasteiger partial charge in [-0.3, -0.25) is 14.2 Å². The zero-order chi connectivity index (χ0) is 21.8. The summed E-state index contributed by atoms with van der Waals surface area (Å²) in [7, 11) is 0. The van der Waals surface area contributed by atoms with E-state index in [1.165, 1.54) is 16.7 Å². The number of aliphatic hydroxyl groups excluding tert-OH is 1. The minimum Gasteiger partial charge on any atom is -0.396 e. The Kier molecular flexibility index (Phi) is 7.65. The molecule has 2 N–H and O–H groups in total. The number of hydrogen-bond donors (Lipinski definition) is 2. The van der Waals surface area contributed by atoms with Crippen LogP contribution in [0.1, 0.15) is 13.3 Å². The first-order valence-corrected chi connectivity index (χ1v) is 11.1. The molecule has 0 aliphatic carbocycles. The number of hydrogen-bond acceptors (Lipinski definition) is 5. The van der Waals surface area contributed by atoms with E-state index in [0.717, 1.165) is 11.8 Å². The standard InChI is InChI=1S/C20H18Cl3N3O3S/c1-11(18(28)24-17-10-14(22)13(21)9-15(17)23)30-20-25-16-6-3-2-5-12(16)19(29)26(20)7-4-8-27/h2-3,5-6,9-11,27H,4,7-8H2,1H3,(H,24,28). The summed E-state index contributed by atoms with van der Waals surface area (Å²) in [5.74, 6) is -0.337. The molecular weight excluding hydrogens is 469 g/mol. The Labute approximate surface area is 192 Å². The normalized spacial score (nSPS) is 12.2. The molecule has 30 heavy (non-hydrogen) atoms. The average molecular weight is 487 g/mol. The SMILES string of the molecule is CC(Sc1nc2ccccc2c(=O)n1CCCO)C(=O)Nc1cc(Cl)c(Cl)cc1Cl. The van der Waals surface area contributed by atoms with Crippen LogP contribution in [0.3, 0.4) is 0 Å². The summed E-state index contributed by atoms with van der Waals surface area (Å²) >= 11 is 19.2. The van der Waals surface area contributed by atoms with E-state index in [1.54, 1.807) is 31.2 Å². The third kappa shape index (κ3) is 5.10. The molecule has 3 rings (SSSR count). The molecule has 3 aromatic rings. The van der Waals surface area contributed by atoms with E-state index in [2.05, 4.69) is 10.3 Å². The van der Waals surface area contributed by atoms with E-state index < -0.39 is 5.25 Å². The van der Waals surface area contributed by atoms with Gasteiger partial charge in [0, 0.05) is 13.2 Å². The van der Waals surface area contributed by atoms with Crippen molar-refractivity contribution in [3.8, 4) is 0 Å². The van der Waals surface area contributed by atoms with Crippen LogP contribution >= 0.6 is 46.6 Å². The third-order valence-electron chi connectivity index (χ3n) is 4.29. The molecule has 0 fully saturated rings. The number of aliphatic hydroxyl groups is 1. The fourth-order valence-electron chi connectivity index (χ4n) is 2.73. The van der Waals surface area contributed by atoms with Crippen LogP contribution < -0.4 is 10.9 Å². The quantitative estimate of drug-likeness (QED) is 0.283. The number of fused-ring (bicyclic) bond motifs is 1. The predicted molar refractivity (Wildman–Crippen MR) is 123 cm³/mol. The van der Waals surface area contributed by atoms with Gasteiger partial charge in [0.05, 0.1) is 36.9 Å². The summed E-state index contributed by atoms with van der Waals surface area (Å²) in [5, 5.41) is 13.0. The Morgan fingerprint density at radius 2 is 1.90 bits per heavy atom. The number of amides is 1. The van der Waals surface area contributed by atoms with Gasteiger partial charge < -0.3 is 10.4 Å². The average Bonchev–Trinajstić information content (AvgIpc) is 2.71. The molecule has 1 unspecified atom stereocenters. The van der Waals surface area contributed by atoms with Gasteiger partial charge in [-0.25, -0.2) is 4.98 Å². The maximum Gasteiger partial charge on any atom is 0.262 e. The molecule has 6 nitrogen and oxygen atoms in total. The Hall–Kier alpha value is -1.77. The molecular formula is C20H18Cl3N3O3S. The highest BCUT2D eigenvalue weighted by Gasteiger charge is 2.20. The Morgan fingerprint density at radius 1 is 1.20 bits per heavy atom. The van der Waals surface area contributed by atoms with Crippen molar-refractivity contribution in [1.29, 1.82) is 0 Å². The number of anilines is 1. The molecule has 0 spiro atoms. The van der Waals surface area contributed by atoms with Gasteiger partial charge in [-0.15, -0.1) is 0 Å². The number of nitrogens with one attached hydrogen (secondary N) is 1. The van der Waals surface area contributed by atoms with Crippen LogP contribution in [0.5, 0.6) is 0 Å². The first-order valence-electron chi connectivity index (χ1n) is 9.04. The number of thioether (sulfide) groups is 1. The number of nitrogens with zero attached hydrogens (tertiary/aromatic N) is 2. The van der Waals surface area contributed by atoms with Gasteiger partial charge in [-0.05, 0) is 37.6 Å². The molecule has 2 aromatic carbocycles. The number of para-hydroxylation sites is 1. The first kappa shape index (κ1) is 22.9. The zero-order valence-corrected chi connectivity index (χ0v) is 18.9. The van der Waals surface area contributed by atoms with Gasteiger partial charge in [0.1, 0.15) is 0 Å². The number of carbonyl (C=O) groups excluding carboxylic acids is 1. The van der Waals surface area contributed by atoms with Crippen LogP contribution in [-0.2, 0) is 11.3 Å². The highest BCUT2D eigenvalue weighted by atomic mass is 35.5. The van der Waals surface area contributed by atoms with Crippen molar-refractivity contribution in [3.63, 3.8) is 0 Å². The van der Waals surface area contributed by atoms with Crippen LogP contribution in [-0.4, -0.2) is 32.4 Å². The molecule has 0 radical (unpaired) electrons. The number of benzene rings is 2. The fourth-order valence-corrected chi connectivity index (χ4v) is 4.26. The van der Waals surface area contributed by atoms with Gasteiger partial charge in [-0.2, -0.15) is 0 Å². The zero-order valence-electron chi connectivity index (χ0n) is 15.9.